The fourth-order valence-corrected chi connectivity index (χ4v) is 3.78. The maximum Gasteiger partial charge on any atom is 0.242 e. The second-order valence-electron chi connectivity index (χ2n) is 4.84. The first-order chi connectivity index (χ1) is 9.42. The van der Waals surface area contributed by atoms with Gasteiger partial charge in [-0.3, -0.25) is 4.98 Å². The molecule has 1 aromatic heterocycles. The van der Waals surface area contributed by atoms with Gasteiger partial charge in [-0.2, -0.15) is 0 Å². The lowest BCUT2D eigenvalue weighted by Gasteiger charge is -2.20. The van der Waals surface area contributed by atoms with E-state index in [1.165, 1.54) is 12.3 Å². The Bertz CT molecular complexity index is 603. The third-order valence-corrected chi connectivity index (χ3v) is 5.12. The van der Waals surface area contributed by atoms with Crippen molar-refractivity contribution in [1.82, 2.24) is 14.6 Å². The van der Waals surface area contributed by atoms with Crippen LogP contribution in [0.1, 0.15) is 18.5 Å². The smallest absolute Gasteiger partial charge is 0.242 e. The molecule has 1 fully saturated rings. The van der Waals surface area contributed by atoms with Gasteiger partial charge in [-0.1, -0.05) is 12.2 Å². The van der Waals surface area contributed by atoms with E-state index in [4.69, 9.17) is 18.0 Å². The van der Waals surface area contributed by atoms with E-state index in [0.717, 1.165) is 19.4 Å². The van der Waals surface area contributed by atoms with Crippen molar-refractivity contribution < 1.29 is 8.42 Å². The van der Waals surface area contributed by atoms with E-state index in [-0.39, 0.29) is 21.6 Å². The van der Waals surface area contributed by atoms with Crippen molar-refractivity contribution in [2.24, 2.45) is 5.73 Å². The van der Waals surface area contributed by atoms with Crippen LogP contribution in [0.4, 0.5) is 0 Å². The van der Waals surface area contributed by atoms with Gasteiger partial charge in [-0.25, -0.2) is 13.1 Å². The number of sulfonamides is 1. The van der Waals surface area contributed by atoms with Gasteiger partial charge in [0, 0.05) is 18.8 Å². The van der Waals surface area contributed by atoms with Gasteiger partial charge in [0.25, 0.3) is 0 Å². The van der Waals surface area contributed by atoms with Crippen LogP contribution in [-0.2, 0) is 10.0 Å². The zero-order valence-corrected chi connectivity index (χ0v) is 12.9. The normalized spacial score (nSPS) is 20.1. The Morgan fingerprint density at radius 2 is 2.40 bits per heavy atom. The Morgan fingerprint density at radius 3 is 3.00 bits per heavy atom. The number of nitrogens with zero attached hydrogens (tertiary/aromatic N) is 2. The fraction of sp³-hybridized carbons (Fsp3) is 0.500. The van der Waals surface area contributed by atoms with Gasteiger partial charge >= 0.3 is 0 Å². The zero-order valence-electron chi connectivity index (χ0n) is 11.2. The molecule has 3 N–H and O–H groups in total. The van der Waals surface area contributed by atoms with Crippen molar-refractivity contribution >= 4 is 27.2 Å². The third-order valence-electron chi connectivity index (χ3n) is 3.47. The van der Waals surface area contributed by atoms with E-state index in [2.05, 4.69) is 14.6 Å². The highest BCUT2D eigenvalue weighted by Crippen LogP contribution is 2.16. The molecule has 1 saturated heterocycles. The van der Waals surface area contributed by atoms with Crippen LogP contribution in [-0.4, -0.2) is 49.5 Å². The first-order valence-electron chi connectivity index (χ1n) is 6.36. The number of hydrogen-bond donors (Lipinski definition) is 2. The van der Waals surface area contributed by atoms with E-state index in [1.54, 1.807) is 6.07 Å². The molecule has 0 aliphatic carbocycles. The third kappa shape index (κ3) is 3.32. The molecule has 1 aliphatic heterocycles. The summed E-state index contributed by atoms with van der Waals surface area (Å²) in [6.07, 6.45) is 3.56. The summed E-state index contributed by atoms with van der Waals surface area (Å²) in [6, 6.07) is 3.25. The molecular formula is C12H18N4O2S2. The van der Waals surface area contributed by atoms with Crippen molar-refractivity contribution in [1.29, 1.82) is 0 Å². The van der Waals surface area contributed by atoms with Crippen LogP contribution >= 0.6 is 12.2 Å². The minimum Gasteiger partial charge on any atom is -0.388 e. The highest BCUT2D eigenvalue weighted by Gasteiger charge is 2.25. The second kappa shape index (κ2) is 6.13. The predicted molar refractivity (Wildman–Crippen MR) is 81.0 cm³/mol. The standard InChI is InChI=1S/C12H18N4O2S2/c1-16-7-3-4-9(16)8-15-20(17,18)10-5-2-6-14-11(10)12(13)19/h2,5-6,9,15H,3-4,7-8H2,1H3,(H2,13,19). The lowest BCUT2D eigenvalue weighted by atomic mass is 10.2. The molecule has 1 aliphatic rings. The summed E-state index contributed by atoms with van der Waals surface area (Å²) in [5.74, 6) is 0. The summed E-state index contributed by atoms with van der Waals surface area (Å²) >= 11 is 4.84. The van der Waals surface area contributed by atoms with Crippen molar-refractivity contribution in [2.45, 2.75) is 23.8 Å². The Balaban J connectivity index is 2.16. The molecule has 1 atom stereocenters. The lowest BCUT2D eigenvalue weighted by Crippen LogP contribution is -2.38. The number of likely N-dealkylation sites (tertiary alicyclic amines) is 1. The van der Waals surface area contributed by atoms with Crippen LogP contribution in [0.25, 0.3) is 0 Å². The molecule has 2 rings (SSSR count). The van der Waals surface area contributed by atoms with Gasteiger partial charge in [0.1, 0.15) is 15.6 Å². The zero-order chi connectivity index (χ0) is 14.8. The average Bonchev–Trinajstić information content (AvgIpc) is 2.82. The molecule has 0 radical (unpaired) electrons. The van der Waals surface area contributed by atoms with Gasteiger partial charge < -0.3 is 10.6 Å². The summed E-state index contributed by atoms with van der Waals surface area (Å²) in [6.45, 7) is 1.38. The molecule has 0 aromatic carbocycles. The molecule has 0 bridgehead atoms. The van der Waals surface area contributed by atoms with Crippen molar-refractivity contribution in [3.8, 4) is 0 Å². The number of aromatic nitrogens is 1. The first-order valence-corrected chi connectivity index (χ1v) is 8.25. The lowest BCUT2D eigenvalue weighted by molar-refractivity contribution is 0.311. The molecule has 6 nitrogen and oxygen atoms in total. The molecule has 20 heavy (non-hydrogen) atoms. The van der Waals surface area contributed by atoms with Crippen LogP contribution in [0.5, 0.6) is 0 Å². The Hall–Kier alpha value is -1.09. The summed E-state index contributed by atoms with van der Waals surface area (Å²) in [5, 5.41) is 0. The number of pyridine rings is 1. The van der Waals surface area contributed by atoms with E-state index in [1.807, 2.05) is 7.05 Å². The quantitative estimate of drug-likeness (QED) is 0.749. The molecule has 0 spiro atoms. The summed E-state index contributed by atoms with van der Waals surface area (Å²) in [4.78, 5) is 6.11. The van der Waals surface area contributed by atoms with Gasteiger partial charge in [0.15, 0.2) is 0 Å². The van der Waals surface area contributed by atoms with Crippen LogP contribution in [0, 0.1) is 0 Å². The van der Waals surface area contributed by atoms with Crippen molar-refractivity contribution in [2.75, 3.05) is 20.1 Å². The van der Waals surface area contributed by atoms with Crippen LogP contribution < -0.4 is 10.5 Å². The Morgan fingerprint density at radius 1 is 1.65 bits per heavy atom. The predicted octanol–water partition coefficient (Wildman–Crippen LogP) is 0.0883. The number of nitrogens with two attached hydrogens (primary N) is 1. The summed E-state index contributed by atoms with van der Waals surface area (Å²) < 4.78 is 27.3. The molecule has 0 saturated carbocycles. The number of rotatable bonds is 5. The van der Waals surface area contributed by atoms with E-state index < -0.39 is 10.0 Å². The van der Waals surface area contributed by atoms with Crippen LogP contribution in [0.15, 0.2) is 23.2 Å². The van der Waals surface area contributed by atoms with Crippen LogP contribution in [0.2, 0.25) is 0 Å². The molecule has 1 aromatic rings. The monoisotopic (exact) mass is 314 g/mol. The van der Waals surface area contributed by atoms with Crippen molar-refractivity contribution in [3.63, 3.8) is 0 Å². The maximum absolute atomic E-state index is 12.3. The Kier molecular flexibility index (Phi) is 4.69. The molecule has 8 heteroatoms. The van der Waals surface area contributed by atoms with Gasteiger partial charge in [0.05, 0.1) is 0 Å². The highest BCUT2D eigenvalue weighted by molar-refractivity contribution is 7.89. The van der Waals surface area contributed by atoms with E-state index >= 15 is 0 Å². The van der Waals surface area contributed by atoms with Gasteiger partial charge in [0.2, 0.25) is 10.0 Å². The first kappa shape index (κ1) is 15.3. The number of thiocarbonyl (C=S) groups is 1. The molecule has 1 unspecified atom stereocenters. The average molecular weight is 314 g/mol. The minimum atomic E-state index is -3.65. The number of hydrogen-bond acceptors (Lipinski definition) is 5. The Labute approximate surface area is 124 Å². The molecule has 0 amide bonds. The largest absolute Gasteiger partial charge is 0.388 e. The molecule has 2 heterocycles. The maximum atomic E-state index is 12.3. The van der Waals surface area contributed by atoms with Crippen LogP contribution in [0.3, 0.4) is 0 Å². The SMILES string of the molecule is CN1CCCC1CNS(=O)(=O)c1cccnc1C(N)=S. The second-order valence-corrected chi connectivity index (χ2v) is 7.02. The minimum absolute atomic E-state index is 0.0241. The molecular weight excluding hydrogens is 296 g/mol. The van der Waals surface area contributed by atoms with Crippen molar-refractivity contribution in [3.05, 3.63) is 24.0 Å². The molecule has 110 valence electrons. The highest BCUT2D eigenvalue weighted by atomic mass is 32.2. The summed E-state index contributed by atoms with van der Waals surface area (Å²) in [7, 11) is -1.66. The van der Waals surface area contributed by atoms with Gasteiger partial charge in [-0.05, 0) is 38.6 Å². The summed E-state index contributed by atoms with van der Waals surface area (Å²) in [5.41, 5.74) is 5.65. The number of nitrogens with one attached hydrogen (secondary N) is 1. The van der Waals surface area contributed by atoms with Gasteiger partial charge in [-0.15, -0.1) is 0 Å². The van der Waals surface area contributed by atoms with E-state index in [9.17, 15) is 8.42 Å². The number of likely N-dealkylation sites (N-methyl/N-ethyl adjacent to an activating group) is 1. The fourth-order valence-electron chi connectivity index (χ4n) is 2.31. The van der Waals surface area contributed by atoms with E-state index in [0.29, 0.717) is 6.54 Å². The topological polar surface area (TPSA) is 88.3 Å².